The van der Waals surface area contributed by atoms with Crippen LogP contribution >= 0.6 is 11.6 Å². The second kappa shape index (κ2) is 7.69. The SMILES string of the molecule is Cc1nn(CCCNC(=O)C(C)n2nc(C(F)(F)F)cc2C)c(C)c1Cl. The molecule has 2 aromatic rings. The van der Waals surface area contributed by atoms with Crippen molar-refractivity contribution in [1.82, 2.24) is 24.9 Å². The number of halogens is 4. The van der Waals surface area contributed by atoms with E-state index < -0.39 is 23.8 Å². The third-order valence-electron chi connectivity index (χ3n) is 4.10. The van der Waals surface area contributed by atoms with Crippen LogP contribution in [0.5, 0.6) is 0 Å². The summed E-state index contributed by atoms with van der Waals surface area (Å²) in [4.78, 5) is 12.2. The molecule has 1 unspecified atom stereocenters. The lowest BCUT2D eigenvalue weighted by atomic mass is 10.3. The zero-order valence-electron chi connectivity index (χ0n) is 15.0. The van der Waals surface area contributed by atoms with Crippen LogP contribution in [-0.4, -0.2) is 32.0 Å². The molecule has 26 heavy (non-hydrogen) atoms. The van der Waals surface area contributed by atoms with E-state index >= 15 is 0 Å². The van der Waals surface area contributed by atoms with E-state index in [1.54, 1.807) is 4.68 Å². The second-order valence-corrected chi connectivity index (χ2v) is 6.52. The van der Waals surface area contributed by atoms with Crippen LogP contribution in [0, 0.1) is 20.8 Å². The van der Waals surface area contributed by atoms with Gasteiger partial charge in [-0.1, -0.05) is 11.6 Å². The molecule has 0 saturated heterocycles. The highest BCUT2D eigenvalue weighted by molar-refractivity contribution is 6.31. The van der Waals surface area contributed by atoms with Crippen LogP contribution in [-0.2, 0) is 17.5 Å². The lowest BCUT2D eigenvalue weighted by molar-refractivity contribution is -0.142. The fourth-order valence-corrected chi connectivity index (χ4v) is 2.75. The lowest BCUT2D eigenvalue weighted by Crippen LogP contribution is -2.33. The van der Waals surface area contributed by atoms with E-state index in [2.05, 4.69) is 15.5 Å². The van der Waals surface area contributed by atoms with Gasteiger partial charge >= 0.3 is 6.18 Å². The minimum atomic E-state index is -4.53. The third kappa shape index (κ3) is 4.38. The first-order valence-corrected chi connectivity index (χ1v) is 8.50. The summed E-state index contributed by atoms with van der Waals surface area (Å²) in [6, 6.07) is 0.0883. The maximum Gasteiger partial charge on any atom is 0.435 e. The Labute approximate surface area is 154 Å². The van der Waals surface area contributed by atoms with Crippen molar-refractivity contribution in [3.8, 4) is 0 Å². The standard InChI is InChI=1S/C16H21ClF3N5O/c1-9-8-13(16(18,19)20)23-25(9)12(4)15(26)21-6-5-7-24-11(3)14(17)10(2)22-24/h8,12H,5-7H2,1-4H3,(H,21,26). The molecule has 1 N–H and O–H groups in total. The molecule has 0 spiro atoms. The van der Waals surface area contributed by atoms with Gasteiger partial charge in [0.2, 0.25) is 5.91 Å². The maximum absolute atomic E-state index is 12.7. The average Bonchev–Trinajstić information content (AvgIpc) is 3.06. The summed E-state index contributed by atoms with van der Waals surface area (Å²) < 4.78 is 41.0. The fourth-order valence-electron chi connectivity index (χ4n) is 2.61. The number of rotatable bonds is 6. The molecule has 6 nitrogen and oxygen atoms in total. The number of aryl methyl sites for hydroxylation is 3. The van der Waals surface area contributed by atoms with Crippen LogP contribution in [0.3, 0.4) is 0 Å². The van der Waals surface area contributed by atoms with E-state index in [1.165, 1.54) is 13.8 Å². The first kappa shape index (κ1) is 20.3. The fraction of sp³-hybridized carbons (Fsp3) is 0.562. The number of nitrogens with zero attached hydrogens (tertiary/aromatic N) is 4. The summed E-state index contributed by atoms with van der Waals surface area (Å²) in [5, 5.41) is 11.1. The molecule has 0 aliphatic carbocycles. The number of carbonyl (C=O) groups is 1. The molecule has 0 aliphatic rings. The van der Waals surface area contributed by atoms with E-state index in [0.29, 0.717) is 24.5 Å². The van der Waals surface area contributed by atoms with Crippen molar-refractivity contribution >= 4 is 17.5 Å². The number of aromatic nitrogens is 4. The van der Waals surface area contributed by atoms with E-state index in [9.17, 15) is 18.0 Å². The van der Waals surface area contributed by atoms with Crippen molar-refractivity contribution in [2.24, 2.45) is 0 Å². The Bertz CT molecular complexity index is 797. The molecule has 10 heteroatoms. The van der Waals surface area contributed by atoms with Crippen molar-refractivity contribution < 1.29 is 18.0 Å². The van der Waals surface area contributed by atoms with Crippen LogP contribution in [0.2, 0.25) is 5.02 Å². The quantitative estimate of drug-likeness (QED) is 0.767. The molecule has 0 aromatic carbocycles. The molecule has 0 aliphatic heterocycles. The molecular weight excluding hydrogens is 371 g/mol. The monoisotopic (exact) mass is 391 g/mol. The van der Waals surface area contributed by atoms with Crippen molar-refractivity contribution in [3.05, 3.63) is 33.9 Å². The van der Waals surface area contributed by atoms with Crippen LogP contribution in [0.25, 0.3) is 0 Å². The highest BCUT2D eigenvalue weighted by Crippen LogP contribution is 2.29. The number of nitrogens with one attached hydrogen (secondary N) is 1. The minimum absolute atomic E-state index is 0.275. The average molecular weight is 392 g/mol. The Kier molecular flexibility index (Phi) is 6.00. The summed E-state index contributed by atoms with van der Waals surface area (Å²) >= 11 is 6.08. The first-order valence-electron chi connectivity index (χ1n) is 8.13. The minimum Gasteiger partial charge on any atom is -0.354 e. The molecule has 0 bridgehead atoms. The smallest absolute Gasteiger partial charge is 0.354 e. The van der Waals surface area contributed by atoms with Crippen molar-refractivity contribution in [3.63, 3.8) is 0 Å². The normalized spacial score (nSPS) is 13.1. The van der Waals surface area contributed by atoms with E-state index in [0.717, 1.165) is 22.1 Å². The Hall–Kier alpha value is -2.03. The van der Waals surface area contributed by atoms with Gasteiger partial charge < -0.3 is 5.32 Å². The van der Waals surface area contributed by atoms with Crippen LogP contribution < -0.4 is 5.32 Å². The largest absolute Gasteiger partial charge is 0.435 e. The van der Waals surface area contributed by atoms with E-state index in [1.807, 2.05) is 13.8 Å². The van der Waals surface area contributed by atoms with Crippen LogP contribution in [0.4, 0.5) is 13.2 Å². The number of hydrogen-bond acceptors (Lipinski definition) is 3. The number of amides is 1. The summed E-state index contributed by atoms with van der Waals surface area (Å²) in [5.74, 6) is -0.392. The van der Waals surface area contributed by atoms with Gasteiger partial charge in [0.05, 0.1) is 16.4 Å². The molecule has 2 heterocycles. The van der Waals surface area contributed by atoms with Crippen molar-refractivity contribution in [2.45, 2.75) is 52.9 Å². The summed E-state index contributed by atoms with van der Waals surface area (Å²) in [6.07, 6.45) is -3.92. The van der Waals surface area contributed by atoms with Crippen LogP contribution in [0.15, 0.2) is 6.07 Å². The summed E-state index contributed by atoms with van der Waals surface area (Å²) in [5.41, 5.74) is 0.875. The predicted octanol–water partition coefficient (Wildman–Crippen LogP) is 3.44. The third-order valence-corrected chi connectivity index (χ3v) is 4.65. The van der Waals surface area contributed by atoms with Gasteiger partial charge in [-0.3, -0.25) is 14.2 Å². The Morgan fingerprint density at radius 2 is 1.96 bits per heavy atom. The first-order chi connectivity index (χ1) is 12.0. The molecule has 2 aromatic heterocycles. The van der Waals surface area contributed by atoms with Crippen molar-refractivity contribution in [2.75, 3.05) is 6.54 Å². The van der Waals surface area contributed by atoms with E-state index in [-0.39, 0.29) is 5.69 Å². The molecule has 1 atom stereocenters. The topological polar surface area (TPSA) is 64.7 Å². The predicted molar refractivity (Wildman–Crippen MR) is 91.0 cm³/mol. The van der Waals surface area contributed by atoms with Gasteiger partial charge in [-0.2, -0.15) is 23.4 Å². The Morgan fingerprint density at radius 3 is 2.46 bits per heavy atom. The van der Waals surface area contributed by atoms with Crippen LogP contribution in [0.1, 0.15) is 42.2 Å². The number of hydrogen-bond donors (Lipinski definition) is 1. The van der Waals surface area contributed by atoms with Gasteiger partial charge in [0.15, 0.2) is 5.69 Å². The van der Waals surface area contributed by atoms with Gasteiger partial charge in [0.25, 0.3) is 0 Å². The zero-order chi connectivity index (χ0) is 19.6. The molecule has 0 fully saturated rings. The molecule has 2 rings (SSSR count). The van der Waals surface area contributed by atoms with Gasteiger partial charge in [-0.15, -0.1) is 0 Å². The number of carbonyl (C=O) groups excluding carboxylic acids is 1. The molecular formula is C16H21ClF3N5O. The second-order valence-electron chi connectivity index (χ2n) is 6.14. The lowest BCUT2D eigenvalue weighted by Gasteiger charge is -2.14. The Morgan fingerprint density at radius 1 is 1.31 bits per heavy atom. The number of alkyl halides is 3. The molecule has 0 saturated carbocycles. The molecule has 144 valence electrons. The summed E-state index contributed by atoms with van der Waals surface area (Å²) in [6.45, 7) is 7.62. The van der Waals surface area contributed by atoms with Gasteiger partial charge in [-0.25, -0.2) is 0 Å². The molecule has 1 amide bonds. The highest BCUT2D eigenvalue weighted by atomic mass is 35.5. The van der Waals surface area contributed by atoms with E-state index in [4.69, 9.17) is 11.6 Å². The van der Waals surface area contributed by atoms with Gasteiger partial charge in [0, 0.05) is 18.8 Å². The van der Waals surface area contributed by atoms with Gasteiger partial charge in [0.1, 0.15) is 6.04 Å². The highest BCUT2D eigenvalue weighted by Gasteiger charge is 2.35. The molecule has 0 radical (unpaired) electrons. The Balaban J connectivity index is 1.89. The summed E-state index contributed by atoms with van der Waals surface area (Å²) in [7, 11) is 0. The maximum atomic E-state index is 12.7. The van der Waals surface area contributed by atoms with Gasteiger partial charge in [-0.05, 0) is 40.2 Å². The zero-order valence-corrected chi connectivity index (χ0v) is 15.7. The van der Waals surface area contributed by atoms with Crippen molar-refractivity contribution in [1.29, 1.82) is 0 Å².